The van der Waals surface area contributed by atoms with E-state index in [0.717, 1.165) is 16.6 Å². The van der Waals surface area contributed by atoms with Crippen LogP contribution in [0.5, 0.6) is 5.75 Å². The zero-order valence-electron chi connectivity index (χ0n) is 13.5. The molecule has 0 saturated carbocycles. The highest BCUT2D eigenvalue weighted by atomic mass is 35.5. The quantitative estimate of drug-likeness (QED) is 0.656. The summed E-state index contributed by atoms with van der Waals surface area (Å²) in [5, 5.41) is 4.21. The van der Waals surface area contributed by atoms with Crippen LogP contribution < -0.4 is 10.1 Å². The topological polar surface area (TPSA) is 56.2 Å². The molecule has 0 unspecified atom stereocenters. The molecular weight excluding hydrogens is 358 g/mol. The summed E-state index contributed by atoms with van der Waals surface area (Å²) in [7, 11) is 1.63. The van der Waals surface area contributed by atoms with E-state index in [4.69, 9.17) is 16.3 Å². The van der Waals surface area contributed by atoms with Gasteiger partial charge in [0.15, 0.2) is 5.16 Å². The third kappa shape index (κ3) is 4.55. The number of thioether (sulfide) groups is 1. The summed E-state index contributed by atoms with van der Waals surface area (Å²) in [6, 6.07) is 14.7. The van der Waals surface area contributed by atoms with Gasteiger partial charge in [-0.2, -0.15) is 0 Å². The number of hydrogen-bond acceptors (Lipinski definition) is 4. The first-order valence-corrected chi connectivity index (χ1v) is 8.88. The van der Waals surface area contributed by atoms with Gasteiger partial charge < -0.3 is 10.1 Å². The minimum Gasteiger partial charge on any atom is -0.497 e. The molecule has 0 aliphatic heterocycles. The standard InChI is InChI=1S/C18H16ClN3O2S/c1-24-16-8-6-15(7-9-16)22-11-10-20-18(22)25-12-17(23)21-14-4-2-13(19)3-5-14/h2-11H,12H2,1H3,(H,21,23). The van der Waals surface area contributed by atoms with E-state index < -0.39 is 0 Å². The van der Waals surface area contributed by atoms with Crippen LogP contribution in [0.4, 0.5) is 5.69 Å². The number of carbonyl (C=O) groups excluding carboxylic acids is 1. The Morgan fingerprint density at radius 1 is 1.20 bits per heavy atom. The number of ether oxygens (including phenoxy) is 1. The first-order valence-electron chi connectivity index (χ1n) is 7.52. The number of methoxy groups -OCH3 is 1. The molecule has 2 aromatic carbocycles. The van der Waals surface area contributed by atoms with Crippen LogP contribution in [-0.2, 0) is 4.79 Å². The summed E-state index contributed by atoms with van der Waals surface area (Å²) < 4.78 is 7.10. The lowest BCUT2D eigenvalue weighted by Gasteiger charge is -2.09. The number of imidazole rings is 1. The van der Waals surface area contributed by atoms with Crippen LogP contribution in [0.1, 0.15) is 0 Å². The summed E-state index contributed by atoms with van der Waals surface area (Å²) in [5.41, 5.74) is 1.67. The maximum Gasteiger partial charge on any atom is 0.234 e. The number of amides is 1. The van der Waals surface area contributed by atoms with Gasteiger partial charge in [0.1, 0.15) is 5.75 Å². The smallest absolute Gasteiger partial charge is 0.234 e. The van der Waals surface area contributed by atoms with E-state index in [1.165, 1.54) is 11.8 Å². The fraction of sp³-hybridized carbons (Fsp3) is 0.111. The largest absolute Gasteiger partial charge is 0.497 e. The maximum atomic E-state index is 12.1. The van der Waals surface area contributed by atoms with Gasteiger partial charge in [-0.05, 0) is 48.5 Å². The van der Waals surface area contributed by atoms with Crippen molar-refractivity contribution >= 4 is 35.0 Å². The molecule has 0 aliphatic rings. The van der Waals surface area contributed by atoms with Crippen LogP contribution in [0.3, 0.4) is 0 Å². The lowest BCUT2D eigenvalue weighted by molar-refractivity contribution is -0.113. The zero-order chi connectivity index (χ0) is 17.6. The number of carbonyl (C=O) groups is 1. The molecule has 128 valence electrons. The molecule has 1 heterocycles. The van der Waals surface area contributed by atoms with Crippen molar-refractivity contribution < 1.29 is 9.53 Å². The second-order valence-electron chi connectivity index (χ2n) is 5.12. The number of nitrogens with one attached hydrogen (secondary N) is 1. The Morgan fingerprint density at radius 3 is 2.60 bits per heavy atom. The Hall–Kier alpha value is -2.44. The molecule has 0 bridgehead atoms. The fourth-order valence-corrected chi connectivity index (χ4v) is 3.10. The highest BCUT2D eigenvalue weighted by Crippen LogP contribution is 2.22. The predicted molar refractivity (Wildman–Crippen MR) is 101 cm³/mol. The highest BCUT2D eigenvalue weighted by molar-refractivity contribution is 7.99. The van der Waals surface area contributed by atoms with Gasteiger partial charge in [-0.25, -0.2) is 4.98 Å². The van der Waals surface area contributed by atoms with Gasteiger partial charge in [0.05, 0.1) is 12.9 Å². The van der Waals surface area contributed by atoms with Crippen LogP contribution in [0, 0.1) is 0 Å². The summed E-state index contributed by atoms with van der Waals surface area (Å²) >= 11 is 7.21. The van der Waals surface area contributed by atoms with Gasteiger partial charge in [0.2, 0.25) is 5.91 Å². The number of benzene rings is 2. The SMILES string of the molecule is COc1ccc(-n2ccnc2SCC(=O)Nc2ccc(Cl)cc2)cc1. The molecule has 5 nitrogen and oxygen atoms in total. The highest BCUT2D eigenvalue weighted by Gasteiger charge is 2.09. The van der Waals surface area contributed by atoms with Gasteiger partial charge in [-0.15, -0.1) is 0 Å². The lowest BCUT2D eigenvalue weighted by atomic mass is 10.3. The second kappa shape index (κ2) is 8.09. The van der Waals surface area contributed by atoms with Crippen molar-refractivity contribution in [1.82, 2.24) is 9.55 Å². The molecule has 0 saturated heterocycles. The Morgan fingerprint density at radius 2 is 1.92 bits per heavy atom. The molecule has 0 spiro atoms. The maximum absolute atomic E-state index is 12.1. The Kier molecular flexibility index (Phi) is 5.63. The third-order valence-electron chi connectivity index (χ3n) is 3.42. The van der Waals surface area contributed by atoms with Crippen molar-refractivity contribution in [3.63, 3.8) is 0 Å². The van der Waals surface area contributed by atoms with Crippen LogP contribution >= 0.6 is 23.4 Å². The van der Waals surface area contributed by atoms with Gasteiger partial charge in [-0.1, -0.05) is 23.4 Å². The number of halogens is 1. The molecule has 1 aromatic heterocycles. The van der Waals surface area contributed by atoms with E-state index in [0.29, 0.717) is 10.7 Å². The van der Waals surface area contributed by atoms with E-state index in [1.54, 1.807) is 37.6 Å². The predicted octanol–water partition coefficient (Wildman–Crippen LogP) is 4.27. The molecule has 25 heavy (non-hydrogen) atoms. The molecule has 1 N–H and O–H groups in total. The third-order valence-corrected chi connectivity index (χ3v) is 4.64. The van der Waals surface area contributed by atoms with Crippen LogP contribution in [0.25, 0.3) is 5.69 Å². The van der Waals surface area contributed by atoms with Crippen molar-refractivity contribution in [2.75, 3.05) is 18.2 Å². The zero-order valence-corrected chi connectivity index (χ0v) is 15.1. The minimum atomic E-state index is -0.100. The summed E-state index contributed by atoms with van der Waals surface area (Å²) in [6.45, 7) is 0. The summed E-state index contributed by atoms with van der Waals surface area (Å²) in [4.78, 5) is 16.4. The van der Waals surface area contributed by atoms with Crippen LogP contribution in [0.2, 0.25) is 5.02 Å². The average molecular weight is 374 g/mol. The molecular formula is C18H16ClN3O2S. The van der Waals surface area contributed by atoms with E-state index in [9.17, 15) is 4.79 Å². The molecule has 3 aromatic rings. The number of aromatic nitrogens is 2. The van der Waals surface area contributed by atoms with Crippen molar-refractivity contribution in [2.24, 2.45) is 0 Å². The average Bonchev–Trinajstić information content (AvgIpc) is 3.10. The van der Waals surface area contributed by atoms with E-state index in [2.05, 4.69) is 10.3 Å². The van der Waals surface area contributed by atoms with Crippen molar-refractivity contribution in [1.29, 1.82) is 0 Å². The number of hydrogen-bond donors (Lipinski definition) is 1. The van der Waals surface area contributed by atoms with Gasteiger partial charge >= 0.3 is 0 Å². The minimum absolute atomic E-state index is 0.100. The van der Waals surface area contributed by atoms with E-state index >= 15 is 0 Å². The Labute approximate surface area is 155 Å². The number of rotatable bonds is 6. The Bertz CT molecular complexity index is 848. The lowest BCUT2D eigenvalue weighted by Crippen LogP contribution is -2.14. The molecule has 0 aliphatic carbocycles. The molecule has 3 rings (SSSR count). The monoisotopic (exact) mass is 373 g/mol. The van der Waals surface area contributed by atoms with Gasteiger partial charge in [-0.3, -0.25) is 9.36 Å². The first-order chi connectivity index (χ1) is 12.2. The van der Waals surface area contributed by atoms with Crippen molar-refractivity contribution in [2.45, 2.75) is 5.16 Å². The normalized spacial score (nSPS) is 10.5. The van der Waals surface area contributed by atoms with Gasteiger partial charge in [0.25, 0.3) is 0 Å². The van der Waals surface area contributed by atoms with Crippen LogP contribution in [0.15, 0.2) is 66.1 Å². The van der Waals surface area contributed by atoms with Gasteiger partial charge in [0, 0.05) is 28.8 Å². The number of nitrogens with zero attached hydrogens (tertiary/aromatic N) is 2. The van der Waals surface area contributed by atoms with Crippen molar-refractivity contribution in [3.05, 3.63) is 65.9 Å². The summed E-state index contributed by atoms with van der Waals surface area (Å²) in [5.74, 6) is 0.951. The number of anilines is 1. The Balaban J connectivity index is 1.62. The van der Waals surface area contributed by atoms with Crippen molar-refractivity contribution in [3.8, 4) is 11.4 Å². The fourth-order valence-electron chi connectivity index (χ4n) is 2.20. The molecule has 7 heteroatoms. The molecule has 0 fully saturated rings. The van der Waals surface area contributed by atoms with Crippen LogP contribution in [-0.4, -0.2) is 28.3 Å². The van der Waals surface area contributed by atoms with E-state index in [-0.39, 0.29) is 11.7 Å². The molecule has 0 atom stereocenters. The second-order valence-corrected chi connectivity index (χ2v) is 6.50. The summed E-state index contributed by atoms with van der Waals surface area (Å²) in [6.07, 6.45) is 3.57. The molecule has 1 amide bonds. The van der Waals surface area contributed by atoms with E-state index in [1.807, 2.05) is 35.0 Å². The molecule has 0 radical (unpaired) electrons. The first kappa shape index (κ1) is 17.4.